The summed E-state index contributed by atoms with van der Waals surface area (Å²) in [6.45, 7) is 10.5. The average molecular weight is 361 g/mol. The summed E-state index contributed by atoms with van der Waals surface area (Å²) < 4.78 is 11.2. The monoisotopic (exact) mass is 360 g/mol. The van der Waals surface area contributed by atoms with Gasteiger partial charge in [0, 0.05) is 30.2 Å². The summed E-state index contributed by atoms with van der Waals surface area (Å²) in [5.41, 5.74) is 1.00. The van der Waals surface area contributed by atoms with Crippen LogP contribution in [0.4, 0.5) is 0 Å². The van der Waals surface area contributed by atoms with Gasteiger partial charge in [-0.25, -0.2) is 0 Å². The van der Waals surface area contributed by atoms with Crippen LogP contribution in [0.1, 0.15) is 25.8 Å². The predicted octanol–water partition coefficient (Wildman–Crippen LogP) is 3.59. The molecule has 0 atom stereocenters. The van der Waals surface area contributed by atoms with Crippen LogP contribution in [0.3, 0.4) is 0 Å². The van der Waals surface area contributed by atoms with Gasteiger partial charge in [-0.1, -0.05) is 23.2 Å². The predicted molar refractivity (Wildman–Crippen MR) is 95.8 cm³/mol. The number of hydrogen-bond donors (Lipinski definition) is 1. The lowest BCUT2D eigenvalue weighted by molar-refractivity contribution is 0.0374. The molecule has 0 aliphatic carbocycles. The molecule has 1 aliphatic rings. The molecule has 1 fully saturated rings. The molecule has 1 heterocycles. The van der Waals surface area contributed by atoms with E-state index in [2.05, 4.69) is 10.2 Å². The first kappa shape index (κ1) is 18.8. The molecule has 4 nitrogen and oxygen atoms in total. The first-order valence-corrected chi connectivity index (χ1v) is 8.97. The van der Waals surface area contributed by atoms with Gasteiger partial charge in [0.05, 0.1) is 24.3 Å². The standard InChI is InChI=1S/C17H26Cl2N2O2/c1-13(2)23-17-14(10-15(18)11-16(17)19)12-20-4-3-5-21-6-8-22-9-7-21/h10-11,13,20H,3-9,12H2,1-2H3. The van der Waals surface area contributed by atoms with E-state index in [0.29, 0.717) is 16.6 Å². The van der Waals surface area contributed by atoms with E-state index in [1.54, 1.807) is 6.07 Å². The second kappa shape index (κ2) is 9.70. The molecule has 1 N–H and O–H groups in total. The third-order valence-corrected chi connectivity index (χ3v) is 4.18. The van der Waals surface area contributed by atoms with Crippen LogP contribution in [0.2, 0.25) is 10.0 Å². The molecule has 1 aliphatic heterocycles. The van der Waals surface area contributed by atoms with Gasteiger partial charge in [-0.2, -0.15) is 0 Å². The van der Waals surface area contributed by atoms with Gasteiger partial charge in [-0.15, -0.1) is 0 Å². The van der Waals surface area contributed by atoms with Gasteiger partial charge in [0.1, 0.15) is 5.75 Å². The number of ether oxygens (including phenoxy) is 2. The molecule has 0 aromatic heterocycles. The van der Waals surface area contributed by atoms with Gasteiger partial charge >= 0.3 is 0 Å². The number of rotatable bonds is 8. The summed E-state index contributed by atoms with van der Waals surface area (Å²) in [7, 11) is 0. The highest BCUT2D eigenvalue weighted by atomic mass is 35.5. The number of nitrogens with zero attached hydrogens (tertiary/aromatic N) is 1. The highest BCUT2D eigenvalue weighted by molar-refractivity contribution is 6.35. The zero-order valence-corrected chi connectivity index (χ0v) is 15.4. The molecular formula is C17H26Cl2N2O2. The number of halogens is 2. The maximum Gasteiger partial charge on any atom is 0.142 e. The van der Waals surface area contributed by atoms with Crippen molar-refractivity contribution in [2.75, 3.05) is 39.4 Å². The number of benzene rings is 1. The molecule has 0 unspecified atom stereocenters. The Balaban J connectivity index is 1.79. The Hall–Kier alpha value is -0.520. The third-order valence-electron chi connectivity index (χ3n) is 3.69. The maximum absolute atomic E-state index is 6.26. The van der Waals surface area contributed by atoms with Crippen LogP contribution in [0.5, 0.6) is 5.75 Å². The van der Waals surface area contributed by atoms with Gasteiger partial charge in [0.15, 0.2) is 0 Å². The van der Waals surface area contributed by atoms with Crippen molar-refractivity contribution in [3.05, 3.63) is 27.7 Å². The van der Waals surface area contributed by atoms with Crippen LogP contribution in [0.15, 0.2) is 12.1 Å². The summed E-state index contributed by atoms with van der Waals surface area (Å²) in [6.07, 6.45) is 1.18. The number of hydrogen-bond acceptors (Lipinski definition) is 4. The number of morpholine rings is 1. The Kier molecular flexibility index (Phi) is 7.93. The van der Waals surface area contributed by atoms with Crippen LogP contribution < -0.4 is 10.1 Å². The van der Waals surface area contributed by atoms with Gasteiger partial charge in [-0.05, 0) is 45.5 Å². The minimum atomic E-state index is 0.0775. The Morgan fingerprint density at radius 2 is 2.00 bits per heavy atom. The van der Waals surface area contributed by atoms with E-state index >= 15 is 0 Å². The highest BCUT2D eigenvalue weighted by Crippen LogP contribution is 2.33. The van der Waals surface area contributed by atoms with Crippen molar-refractivity contribution in [2.24, 2.45) is 0 Å². The molecule has 2 rings (SSSR count). The molecule has 0 bridgehead atoms. The van der Waals surface area contributed by atoms with Gasteiger partial charge in [-0.3, -0.25) is 4.90 Å². The Labute approximate surface area is 149 Å². The van der Waals surface area contributed by atoms with Crippen molar-refractivity contribution in [3.63, 3.8) is 0 Å². The van der Waals surface area contributed by atoms with Crippen LogP contribution in [0, 0.1) is 0 Å². The first-order chi connectivity index (χ1) is 11.1. The van der Waals surface area contributed by atoms with Crippen molar-refractivity contribution in [2.45, 2.75) is 32.9 Å². The minimum absolute atomic E-state index is 0.0775. The molecule has 0 amide bonds. The zero-order valence-electron chi connectivity index (χ0n) is 13.9. The van der Waals surface area contributed by atoms with Crippen molar-refractivity contribution >= 4 is 23.2 Å². The lowest BCUT2D eigenvalue weighted by Crippen LogP contribution is -2.37. The quantitative estimate of drug-likeness (QED) is 0.718. The summed E-state index contributed by atoms with van der Waals surface area (Å²) in [5.74, 6) is 0.728. The fourth-order valence-corrected chi connectivity index (χ4v) is 3.17. The average Bonchev–Trinajstić information content (AvgIpc) is 2.51. The largest absolute Gasteiger partial charge is 0.489 e. The summed E-state index contributed by atoms with van der Waals surface area (Å²) in [4.78, 5) is 2.44. The molecule has 130 valence electrons. The lowest BCUT2D eigenvalue weighted by atomic mass is 10.2. The summed E-state index contributed by atoms with van der Waals surface area (Å²) >= 11 is 12.4. The second-order valence-electron chi connectivity index (χ2n) is 6.03. The molecule has 6 heteroatoms. The first-order valence-electron chi connectivity index (χ1n) is 8.21. The molecule has 0 spiro atoms. The van der Waals surface area contributed by atoms with Crippen molar-refractivity contribution in [3.8, 4) is 5.75 Å². The van der Waals surface area contributed by atoms with Crippen LogP contribution >= 0.6 is 23.2 Å². The van der Waals surface area contributed by atoms with E-state index in [1.807, 2.05) is 19.9 Å². The summed E-state index contributed by atoms with van der Waals surface area (Å²) in [5, 5.41) is 4.66. The Morgan fingerprint density at radius 3 is 2.70 bits per heavy atom. The molecule has 1 aromatic rings. The second-order valence-corrected chi connectivity index (χ2v) is 6.87. The van der Waals surface area contributed by atoms with Gasteiger partial charge < -0.3 is 14.8 Å². The van der Waals surface area contributed by atoms with E-state index in [1.165, 1.54) is 0 Å². The molecule has 1 saturated heterocycles. The fourth-order valence-electron chi connectivity index (χ4n) is 2.59. The molecular weight excluding hydrogens is 335 g/mol. The van der Waals surface area contributed by atoms with Crippen LogP contribution in [-0.4, -0.2) is 50.4 Å². The molecule has 23 heavy (non-hydrogen) atoms. The Morgan fingerprint density at radius 1 is 1.26 bits per heavy atom. The van der Waals surface area contributed by atoms with E-state index in [-0.39, 0.29) is 6.10 Å². The van der Waals surface area contributed by atoms with Crippen molar-refractivity contribution in [1.29, 1.82) is 0 Å². The van der Waals surface area contributed by atoms with Crippen molar-refractivity contribution < 1.29 is 9.47 Å². The van der Waals surface area contributed by atoms with E-state index in [0.717, 1.165) is 57.1 Å². The van der Waals surface area contributed by atoms with Gasteiger partial charge in [0.2, 0.25) is 0 Å². The lowest BCUT2D eigenvalue weighted by Gasteiger charge is -2.26. The van der Waals surface area contributed by atoms with E-state index < -0.39 is 0 Å². The van der Waals surface area contributed by atoms with Crippen LogP contribution in [0.25, 0.3) is 0 Å². The molecule has 0 saturated carbocycles. The molecule has 0 radical (unpaired) electrons. The fraction of sp³-hybridized carbons (Fsp3) is 0.647. The summed E-state index contributed by atoms with van der Waals surface area (Å²) in [6, 6.07) is 3.64. The Bertz CT molecular complexity index is 492. The minimum Gasteiger partial charge on any atom is -0.489 e. The van der Waals surface area contributed by atoms with E-state index in [9.17, 15) is 0 Å². The normalized spacial score (nSPS) is 16.0. The van der Waals surface area contributed by atoms with Crippen molar-refractivity contribution in [1.82, 2.24) is 10.2 Å². The highest BCUT2D eigenvalue weighted by Gasteiger charge is 2.13. The molecule has 1 aromatic carbocycles. The smallest absolute Gasteiger partial charge is 0.142 e. The van der Waals surface area contributed by atoms with Gasteiger partial charge in [0.25, 0.3) is 0 Å². The van der Waals surface area contributed by atoms with E-state index in [4.69, 9.17) is 32.7 Å². The SMILES string of the molecule is CC(C)Oc1c(Cl)cc(Cl)cc1CNCCCN1CCOCC1. The van der Waals surface area contributed by atoms with Crippen LogP contribution in [-0.2, 0) is 11.3 Å². The third kappa shape index (κ3) is 6.48. The zero-order chi connectivity index (χ0) is 16.7. The topological polar surface area (TPSA) is 33.7 Å². The maximum atomic E-state index is 6.26. The number of nitrogens with one attached hydrogen (secondary N) is 1.